The highest BCUT2D eigenvalue weighted by Crippen LogP contribution is 2.31. The van der Waals surface area contributed by atoms with Crippen LogP contribution in [-0.4, -0.2) is 15.1 Å². The molecule has 90 valence electrons. The Kier molecular flexibility index (Phi) is 2.77. The lowest BCUT2D eigenvalue weighted by Gasteiger charge is -2.08. The maximum Gasteiger partial charge on any atom is 0.225 e. The number of anilines is 2. The van der Waals surface area contributed by atoms with Crippen LogP contribution in [0.3, 0.4) is 0 Å². The van der Waals surface area contributed by atoms with E-state index in [1.54, 1.807) is 18.2 Å². The molecule has 0 unspecified atom stereocenters. The molecule has 0 radical (unpaired) electrons. The molecule has 18 heavy (non-hydrogen) atoms. The lowest BCUT2D eigenvalue weighted by atomic mass is 10.3. The number of hydrogen-bond acceptors (Lipinski definition) is 5. The molecule has 0 aliphatic carbocycles. The Morgan fingerprint density at radius 3 is 2.83 bits per heavy atom. The van der Waals surface area contributed by atoms with Gasteiger partial charge in [-0.1, -0.05) is 12.1 Å². The van der Waals surface area contributed by atoms with E-state index >= 15 is 0 Å². The second-order valence-electron chi connectivity index (χ2n) is 3.62. The highest BCUT2D eigenvalue weighted by atomic mass is 35.5. The molecule has 0 amide bonds. The molecule has 0 aliphatic heterocycles. The Labute approximate surface area is 112 Å². The molecule has 0 bridgehead atoms. The molecule has 4 nitrogen and oxygen atoms in total. The summed E-state index contributed by atoms with van der Waals surface area (Å²) in [5.41, 5.74) is 0.583. The van der Waals surface area contributed by atoms with Gasteiger partial charge in [0, 0.05) is 0 Å². The van der Waals surface area contributed by atoms with E-state index in [9.17, 15) is 5.11 Å². The van der Waals surface area contributed by atoms with Crippen LogP contribution in [0.4, 0.5) is 11.5 Å². The van der Waals surface area contributed by atoms with Crippen molar-refractivity contribution >= 4 is 44.7 Å². The minimum absolute atomic E-state index is 0.163. The van der Waals surface area contributed by atoms with Crippen LogP contribution in [0.5, 0.6) is 5.75 Å². The Morgan fingerprint density at radius 2 is 2.00 bits per heavy atom. The number of phenolic OH excluding ortho intramolecular Hbond substituents is 1. The first-order valence-electron chi connectivity index (χ1n) is 5.20. The highest BCUT2D eigenvalue weighted by Gasteiger charge is 2.09. The Balaban J connectivity index is 2.10. The third kappa shape index (κ3) is 1.98. The average molecular weight is 278 g/mol. The molecule has 3 aromatic rings. The van der Waals surface area contributed by atoms with Crippen LogP contribution in [0.2, 0.25) is 5.28 Å². The quantitative estimate of drug-likeness (QED) is 0.553. The summed E-state index contributed by atoms with van der Waals surface area (Å²) in [7, 11) is 0. The molecule has 1 aromatic carbocycles. The van der Waals surface area contributed by atoms with Crippen LogP contribution in [-0.2, 0) is 0 Å². The largest absolute Gasteiger partial charge is 0.506 e. The van der Waals surface area contributed by atoms with Gasteiger partial charge in [-0.3, -0.25) is 0 Å². The molecule has 2 N–H and O–H groups in total. The number of nitrogens with one attached hydrogen (secondary N) is 1. The number of fused-ring (bicyclic) bond motifs is 1. The standard InChI is InChI=1S/C12H8ClN3OS/c13-12-15-10(7-5-6-18-11(7)16-12)14-8-3-1-2-4-9(8)17/h1-6,17H,(H,14,15,16). The van der Waals surface area contributed by atoms with Crippen LogP contribution in [0.1, 0.15) is 0 Å². The van der Waals surface area contributed by atoms with Gasteiger partial charge >= 0.3 is 0 Å². The average Bonchev–Trinajstić information content (AvgIpc) is 2.80. The van der Waals surface area contributed by atoms with E-state index in [4.69, 9.17) is 11.6 Å². The second kappa shape index (κ2) is 4.44. The number of hydrogen-bond donors (Lipinski definition) is 2. The summed E-state index contributed by atoms with van der Waals surface area (Å²) >= 11 is 7.36. The molecule has 0 spiro atoms. The Hall–Kier alpha value is -1.85. The number of para-hydroxylation sites is 2. The van der Waals surface area contributed by atoms with Gasteiger partial charge in [-0.25, -0.2) is 4.98 Å². The van der Waals surface area contributed by atoms with Crippen molar-refractivity contribution in [1.29, 1.82) is 0 Å². The van der Waals surface area contributed by atoms with Crippen LogP contribution in [0, 0.1) is 0 Å². The molecule has 0 fully saturated rings. The topological polar surface area (TPSA) is 58.0 Å². The number of halogens is 1. The Bertz CT molecular complexity index is 713. The van der Waals surface area contributed by atoms with Crippen molar-refractivity contribution in [2.45, 2.75) is 0 Å². The molecule has 6 heteroatoms. The summed E-state index contributed by atoms with van der Waals surface area (Å²) < 4.78 is 0. The first-order valence-corrected chi connectivity index (χ1v) is 6.45. The van der Waals surface area contributed by atoms with E-state index in [0.717, 1.165) is 10.2 Å². The van der Waals surface area contributed by atoms with Gasteiger partial charge in [0.15, 0.2) is 0 Å². The fraction of sp³-hybridized carbons (Fsp3) is 0. The predicted octanol–water partition coefficient (Wildman–Crippen LogP) is 3.79. The number of nitrogens with zero attached hydrogens (tertiary/aromatic N) is 2. The van der Waals surface area contributed by atoms with Gasteiger partial charge in [0.2, 0.25) is 5.28 Å². The summed E-state index contributed by atoms with van der Waals surface area (Å²) in [6.07, 6.45) is 0. The Morgan fingerprint density at radius 1 is 1.17 bits per heavy atom. The first kappa shape index (κ1) is 11.3. The van der Waals surface area contributed by atoms with Crippen LogP contribution in [0.25, 0.3) is 10.2 Å². The minimum Gasteiger partial charge on any atom is -0.506 e. The van der Waals surface area contributed by atoms with E-state index < -0.39 is 0 Å². The zero-order chi connectivity index (χ0) is 12.5. The van der Waals surface area contributed by atoms with Crippen molar-refractivity contribution < 1.29 is 5.11 Å². The molecule has 3 rings (SSSR count). The van der Waals surface area contributed by atoms with E-state index in [1.165, 1.54) is 11.3 Å². The van der Waals surface area contributed by atoms with E-state index in [2.05, 4.69) is 15.3 Å². The number of aromatic nitrogens is 2. The summed E-state index contributed by atoms with van der Waals surface area (Å²) in [6.45, 7) is 0. The lowest BCUT2D eigenvalue weighted by molar-refractivity contribution is 0.478. The third-order valence-corrected chi connectivity index (χ3v) is 3.43. The van der Waals surface area contributed by atoms with E-state index in [1.807, 2.05) is 17.5 Å². The number of aromatic hydroxyl groups is 1. The molecule has 2 aromatic heterocycles. The first-order chi connectivity index (χ1) is 8.74. The fourth-order valence-electron chi connectivity index (χ4n) is 1.63. The van der Waals surface area contributed by atoms with Crippen LogP contribution in [0.15, 0.2) is 35.7 Å². The molecular weight excluding hydrogens is 270 g/mol. The fourth-order valence-corrected chi connectivity index (χ4v) is 2.61. The second-order valence-corrected chi connectivity index (χ2v) is 4.86. The molecule has 0 atom stereocenters. The third-order valence-electron chi connectivity index (χ3n) is 2.45. The highest BCUT2D eigenvalue weighted by molar-refractivity contribution is 7.16. The van der Waals surface area contributed by atoms with Crippen molar-refractivity contribution in [1.82, 2.24) is 9.97 Å². The summed E-state index contributed by atoms with van der Waals surface area (Å²) in [5.74, 6) is 0.753. The summed E-state index contributed by atoms with van der Waals surface area (Å²) in [6, 6.07) is 8.88. The van der Waals surface area contributed by atoms with Crippen LogP contribution >= 0.6 is 22.9 Å². The molecule has 0 aliphatic rings. The van der Waals surface area contributed by atoms with Crippen molar-refractivity contribution in [3.05, 3.63) is 41.0 Å². The van der Waals surface area contributed by atoms with Crippen LogP contribution < -0.4 is 5.32 Å². The predicted molar refractivity (Wildman–Crippen MR) is 73.8 cm³/mol. The maximum absolute atomic E-state index is 9.73. The molecular formula is C12H8ClN3OS. The summed E-state index contributed by atoms with van der Waals surface area (Å²) in [4.78, 5) is 9.09. The molecule has 0 saturated carbocycles. The molecule has 0 saturated heterocycles. The maximum atomic E-state index is 9.73. The molecule has 2 heterocycles. The normalized spacial score (nSPS) is 10.7. The smallest absolute Gasteiger partial charge is 0.225 e. The van der Waals surface area contributed by atoms with Gasteiger partial charge in [-0.05, 0) is 35.2 Å². The van der Waals surface area contributed by atoms with Crippen molar-refractivity contribution in [2.24, 2.45) is 0 Å². The van der Waals surface area contributed by atoms with Gasteiger partial charge in [0.25, 0.3) is 0 Å². The SMILES string of the molecule is Oc1ccccc1Nc1nc(Cl)nc2sccc12. The van der Waals surface area contributed by atoms with E-state index in [0.29, 0.717) is 11.5 Å². The van der Waals surface area contributed by atoms with Crippen molar-refractivity contribution in [2.75, 3.05) is 5.32 Å². The van der Waals surface area contributed by atoms with Gasteiger partial charge < -0.3 is 10.4 Å². The minimum atomic E-state index is 0.163. The zero-order valence-electron chi connectivity index (χ0n) is 9.09. The zero-order valence-corrected chi connectivity index (χ0v) is 10.7. The van der Waals surface area contributed by atoms with Gasteiger partial charge in [-0.2, -0.15) is 4.98 Å². The van der Waals surface area contributed by atoms with E-state index in [-0.39, 0.29) is 11.0 Å². The number of phenols is 1. The summed E-state index contributed by atoms with van der Waals surface area (Å²) in [5, 5.41) is 15.8. The monoisotopic (exact) mass is 277 g/mol. The van der Waals surface area contributed by atoms with Gasteiger partial charge in [-0.15, -0.1) is 11.3 Å². The number of rotatable bonds is 2. The van der Waals surface area contributed by atoms with Gasteiger partial charge in [0.1, 0.15) is 16.4 Å². The van der Waals surface area contributed by atoms with Gasteiger partial charge in [0.05, 0.1) is 11.1 Å². The van der Waals surface area contributed by atoms with Crippen molar-refractivity contribution in [3.63, 3.8) is 0 Å². The van der Waals surface area contributed by atoms with Crippen molar-refractivity contribution in [3.8, 4) is 5.75 Å². The lowest BCUT2D eigenvalue weighted by Crippen LogP contribution is -1.96. The number of thiophene rings is 1. The number of benzene rings is 1.